The molecule has 0 aliphatic heterocycles. The Hall–Kier alpha value is 0.798. The monoisotopic (exact) mass is 246 g/mol. The third-order valence-electron chi connectivity index (χ3n) is 1.02. The van der Waals surface area contributed by atoms with Gasteiger partial charge in [0.25, 0.3) is 0 Å². The molecule has 0 rings (SSSR count). The van der Waals surface area contributed by atoms with E-state index in [2.05, 4.69) is 0 Å². The van der Waals surface area contributed by atoms with E-state index in [1.54, 1.807) is 0 Å². The van der Waals surface area contributed by atoms with Crippen molar-refractivity contribution < 1.29 is 21.1 Å². The van der Waals surface area contributed by atoms with Gasteiger partial charge < -0.3 is 29.7 Å². The topological polar surface area (TPSA) is 3.24 Å². The summed E-state index contributed by atoms with van der Waals surface area (Å²) in [4.78, 5) is 1.96. The van der Waals surface area contributed by atoms with Gasteiger partial charge in [-0.15, -0.1) is 0 Å². The first kappa shape index (κ1) is 12.5. The summed E-state index contributed by atoms with van der Waals surface area (Å²) >= 11 is 9.51. The van der Waals surface area contributed by atoms with E-state index in [4.69, 9.17) is 24.8 Å². The van der Waals surface area contributed by atoms with Crippen molar-refractivity contribution in [2.24, 2.45) is 0 Å². The van der Waals surface area contributed by atoms with Crippen LogP contribution in [0.5, 0.6) is 0 Å². The van der Waals surface area contributed by atoms with Crippen molar-refractivity contribution in [1.82, 2.24) is 4.90 Å². The molecule has 0 aromatic heterocycles. The fraction of sp³-hybridized carbons (Fsp3) is 0.800. The standard InChI is InChI=1S/C5H11NS2.Mo/c1-3-6(4-2)5(7)8;/h3-4H2,1-2H3,(H,7,8);/p-1. The van der Waals surface area contributed by atoms with Crippen molar-refractivity contribution in [3.05, 3.63) is 0 Å². The van der Waals surface area contributed by atoms with Crippen molar-refractivity contribution in [3.8, 4) is 0 Å². The third kappa shape index (κ3) is 5.25. The zero-order chi connectivity index (χ0) is 6.57. The van der Waals surface area contributed by atoms with Gasteiger partial charge in [0.2, 0.25) is 0 Å². The Morgan fingerprint density at radius 1 is 1.44 bits per heavy atom. The Kier molecular flexibility index (Phi) is 9.58. The van der Waals surface area contributed by atoms with Crippen molar-refractivity contribution in [1.29, 1.82) is 0 Å². The SMILES string of the molecule is CCN(CC)C(=S)[S-].[Mo]. The molecular weight excluding hydrogens is 234 g/mol. The molecule has 0 bridgehead atoms. The quantitative estimate of drug-likeness (QED) is 0.407. The molecule has 0 unspecified atom stereocenters. The maximum atomic E-state index is 4.76. The van der Waals surface area contributed by atoms with Crippen molar-refractivity contribution in [3.63, 3.8) is 0 Å². The van der Waals surface area contributed by atoms with E-state index < -0.39 is 0 Å². The maximum Gasteiger partial charge on any atom is 0.0133 e. The molecule has 0 spiro atoms. The average molecular weight is 244 g/mol. The summed E-state index contributed by atoms with van der Waals surface area (Å²) in [6, 6.07) is 0. The molecule has 54 valence electrons. The van der Waals surface area contributed by atoms with Gasteiger partial charge in [-0.05, 0) is 13.8 Å². The minimum Gasteiger partial charge on any atom is -0.411 e. The molecule has 0 aliphatic rings. The first-order valence-corrected chi connectivity index (χ1v) is 3.50. The van der Waals surface area contributed by atoms with E-state index >= 15 is 0 Å². The molecule has 0 heterocycles. The van der Waals surface area contributed by atoms with E-state index in [9.17, 15) is 0 Å². The Morgan fingerprint density at radius 3 is 1.78 bits per heavy atom. The number of nitrogens with zero attached hydrogens (tertiary/aromatic N) is 1. The van der Waals surface area contributed by atoms with Crippen LogP contribution >= 0.6 is 12.2 Å². The summed E-state index contributed by atoms with van der Waals surface area (Å²) in [5.41, 5.74) is 0. The number of thiocarbonyl (C=S) groups is 1. The smallest absolute Gasteiger partial charge is 0.0133 e. The molecule has 4 heteroatoms. The van der Waals surface area contributed by atoms with Crippen LogP contribution in [0.1, 0.15) is 13.8 Å². The molecule has 9 heavy (non-hydrogen) atoms. The Morgan fingerprint density at radius 2 is 1.78 bits per heavy atom. The van der Waals surface area contributed by atoms with Gasteiger partial charge in [-0.25, -0.2) is 0 Å². The van der Waals surface area contributed by atoms with Crippen molar-refractivity contribution >= 4 is 29.2 Å². The molecule has 0 fully saturated rings. The number of hydrogen-bond acceptors (Lipinski definition) is 2. The van der Waals surface area contributed by atoms with Gasteiger partial charge in [0.05, 0.1) is 0 Å². The van der Waals surface area contributed by atoms with Crippen LogP contribution in [0.2, 0.25) is 0 Å². The summed E-state index contributed by atoms with van der Waals surface area (Å²) in [6.45, 7) is 5.95. The second-order valence-electron chi connectivity index (χ2n) is 1.44. The molecule has 0 N–H and O–H groups in total. The van der Waals surface area contributed by atoms with Crippen LogP contribution < -0.4 is 0 Å². The minimum atomic E-state index is 0. The fourth-order valence-electron chi connectivity index (χ4n) is 0.482. The Bertz CT molecular complexity index is 83.0. The third-order valence-corrected chi connectivity index (χ3v) is 1.54. The van der Waals surface area contributed by atoms with Crippen LogP contribution in [0.25, 0.3) is 0 Å². The summed E-state index contributed by atoms with van der Waals surface area (Å²) in [6.07, 6.45) is 0. The van der Waals surface area contributed by atoms with Crippen LogP contribution in [-0.4, -0.2) is 22.3 Å². The van der Waals surface area contributed by atoms with Crippen LogP contribution in [0.4, 0.5) is 0 Å². The minimum absolute atomic E-state index is 0. The van der Waals surface area contributed by atoms with Gasteiger partial charge in [0, 0.05) is 34.2 Å². The summed E-state index contributed by atoms with van der Waals surface area (Å²) in [5.74, 6) is 0. The molecule has 0 atom stereocenters. The molecule has 1 nitrogen and oxygen atoms in total. The molecule has 0 saturated carbocycles. The summed E-state index contributed by atoms with van der Waals surface area (Å²) in [5, 5.41) is 0. The van der Waals surface area contributed by atoms with Crippen molar-refractivity contribution in [2.45, 2.75) is 13.8 Å². The van der Waals surface area contributed by atoms with E-state index in [0.29, 0.717) is 4.32 Å². The van der Waals surface area contributed by atoms with Gasteiger partial charge in [-0.2, -0.15) is 0 Å². The van der Waals surface area contributed by atoms with Gasteiger partial charge >= 0.3 is 0 Å². The van der Waals surface area contributed by atoms with Crippen LogP contribution in [0.3, 0.4) is 0 Å². The fourth-order valence-corrected chi connectivity index (χ4v) is 0.998. The second kappa shape index (κ2) is 6.91. The number of rotatable bonds is 2. The van der Waals surface area contributed by atoms with Gasteiger partial charge in [-0.1, -0.05) is 4.32 Å². The molecule has 0 radical (unpaired) electrons. The predicted molar refractivity (Wildman–Crippen MR) is 42.9 cm³/mol. The second-order valence-corrected chi connectivity index (χ2v) is 2.47. The Labute approximate surface area is 81.9 Å². The largest absolute Gasteiger partial charge is 0.411 e. The van der Waals surface area contributed by atoms with Crippen molar-refractivity contribution in [2.75, 3.05) is 13.1 Å². The molecule has 0 saturated heterocycles. The van der Waals surface area contributed by atoms with E-state index in [0.717, 1.165) is 13.1 Å². The normalized spacial score (nSPS) is 7.78. The van der Waals surface area contributed by atoms with Gasteiger partial charge in [0.15, 0.2) is 0 Å². The average Bonchev–Trinajstić information content (AvgIpc) is 1.69. The first-order chi connectivity index (χ1) is 3.72. The Balaban J connectivity index is 0. The first-order valence-electron chi connectivity index (χ1n) is 2.68. The maximum absolute atomic E-state index is 4.76. The summed E-state index contributed by atoms with van der Waals surface area (Å²) in [7, 11) is 0. The number of hydrogen-bond donors (Lipinski definition) is 0. The molecular formula is C5H10MoNS2-. The molecule has 0 aromatic carbocycles. The van der Waals surface area contributed by atoms with Crippen LogP contribution in [0, 0.1) is 0 Å². The molecule has 0 amide bonds. The predicted octanol–water partition coefficient (Wildman–Crippen LogP) is 1.16. The van der Waals surface area contributed by atoms with Crippen LogP contribution in [0.15, 0.2) is 0 Å². The van der Waals surface area contributed by atoms with E-state index in [-0.39, 0.29) is 21.1 Å². The zero-order valence-corrected chi connectivity index (χ0v) is 9.23. The van der Waals surface area contributed by atoms with Crippen LogP contribution in [-0.2, 0) is 33.7 Å². The van der Waals surface area contributed by atoms with E-state index in [1.807, 2.05) is 18.7 Å². The molecule has 0 aliphatic carbocycles. The van der Waals surface area contributed by atoms with Gasteiger partial charge in [-0.3, -0.25) is 0 Å². The summed E-state index contributed by atoms with van der Waals surface area (Å²) < 4.78 is 0.579. The van der Waals surface area contributed by atoms with Gasteiger partial charge in [0.1, 0.15) is 0 Å². The van der Waals surface area contributed by atoms with E-state index in [1.165, 1.54) is 0 Å². The zero-order valence-electron chi connectivity index (χ0n) is 5.59. The molecule has 0 aromatic rings.